The molecule has 0 unspecified atom stereocenters. The van der Waals surface area contributed by atoms with Crippen molar-refractivity contribution in [2.24, 2.45) is 0 Å². The van der Waals surface area contributed by atoms with Crippen molar-refractivity contribution in [1.29, 1.82) is 0 Å². The van der Waals surface area contributed by atoms with E-state index in [0.29, 0.717) is 26.4 Å². The van der Waals surface area contributed by atoms with Crippen LogP contribution in [0.3, 0.4) is 0 Å². The number of aromatic amines is 1. The summed E-state index contributed by atoms with van der Waals surface area (Å²) in [6, 6.07) is 3.26. The van der Waals surface area contributed by atoms with E-state index in [2.05, 4.69) is 32.2 Å². The van der Waals surface area contributed by atoms with Crippen molar-refractivity contribution >= 4 is 28.6 Å². The van der Waals surface area contributed by atoms with Crippen LogP contribution in [0.25, 0.3) is 12.7 Å². The van der Waals surface area contributed by atoms with Crippen LogP contribution in [0.1, 0.15) is 5.56 Å². The monoisotopic (exact) mass is 311 g/mol. The van der Waals surface area contributed by atoms with E-state index in [1.165, 1.54) is 7.11 Å². The number of aromatic nitrogens is 1. The Morgan fingerprint density at radius 1 is 1.56 bits per heavy atom. The van der Waals surface area contributed by atoms with E-state index in [4.69, 9.17) is 4.74 Å². The molecule has 0 atom stereocenters. The van der Waals surface area contributed by atoms with Gasteiger partial charge in [0.15, 0.2) is 11.5 Å². The topological polar surface area (TPSA) is 75.5 Å². The molecule has 2 aromatic rings. The number of benzene rings is 1. The minimum absolute atomic E-state index is 0.00519. The molecule has 0 amide bonds. The van der Waals surface area contributed by atoms with E-state index >= 15 is 0 Å². The molecule has 0 aliphatic carbocycles. The van der Waals surface area contributed by atoms with Crippen LogP contribution in [0, 0.1) is 0 Å². The lowest BCUT2D eigenvalue weighted by Gasteiger charge is -2.06. The van der Waals surface area contributed by atoms with Gasteiger partial charge in [-0.15, -0.1) is 0 Å². The zero-order chi connectivity index (χ0) is 13.3. The number of aromatic hydroxyl groups is 1. The first kappa shape index (κ1) is 12.5. The molecule has 2 N–H and O–H groups in total. The van der Waals surface area contributed by atoms with Crippen molar-refractivity contribution in [3.8, 4) is 11.5 Å². The van der Waals surface area contributed by atoms with Crippen molar-refractivity contribution < 1.29 is 14.4 Å². The number of rotatable bonds is 2. The molecule has 0 aliphatic heterocycles. The second kappa shape index (κ2) is 4.73. The molecule has 6 heteroatoms. The highest BCUT2D eigenvalue weighted by Gasteiger charge is 2.07. The molecule has 0 aliphatic rings. The van der Waals surface area contributed by atoms with Crippen LogP contribution < -0.4 is 20.9 Å². The summed E-state index contributed by atoms with van der Waals surface area (Å²) < 4.78 is 10.1. The predicted octanol–water partition coefficient (Wildman–Crippen LogP) is 0.684. The first-order valence-corrected chi connectivity index (χ1v) is 5.77. The summed E-state index contributed by atoms with van der Waals surface area (Å²) in [5, 5.41) is 12.8. The number of H-pyrrole nitrogens is 1. The summed E-state index contributed by atoms with van der Waals surface area (Å²) in [7, 11) is 1.45. The van der Waals surface area contributed by atoms with Crippen molar-refractivity contribution in [3.05, 3.63) is 43.2 Å². The fourth-order valence-corrected chi connectivity index (χ4v) is 1.95. The maximum atomic E-state index is 11.4. The van der Waals surface area contributed by atoms with E-state index in [-0.39, 0.29) is 5.75 Å². The standard InChI is InChI=1S/C12H10BrNO4/c1-6-8(12(16)18-14-6)3-7-4-9(13)11(15)10(5-7)17-2/h3-5,14-15H,1H2,2H3. The maximum absolute atomic E-state index is 11.4. The fraction of sp³-hybridized carbons (Fsp3) is 0.0833. The molecule has 18 heavy (non-hydrogen) atoms. The lowest BCUT2D eigenvalue weighted by atomic mass is 10.1. The Balaban J connectivity index is 2.68. The normalized spacial score (nSPS) is 11.8. The number of hydrogen-bond donors (Lipinski definition) is 2. The van der Waals surface area contributed by atoms with Crippen molar-refractivity contribution in [2.45, 2.75) is 0 Å². The number of hydrogen-bond acceptors (Lipinski definition) is 4. The molecule has 0 spiro atoms. The predicted molar refractivity (Wildman–Crippen MR) is 70.0 cm³/mol. The number of methoxy groups -OCH3 is 1. The molecule has 1 aromatic heterocycles. The largest absolute Gasteiger partial charge is 0.503 e. The molecule has 2 rings (SSSR count). The van der Waals surface area contributed by atoms with E-state index in [0.717, 1.165) is 0 Å². The Kier molecular flexibility index (Phi) is 3.29. The summed E-state index contributed by atoms with van der Waals surface area (Å²) in [6.07, 6.45) is 1.59. The van der Waals surface area contributed by atoms with Crippen LogP contribution in [0.2, 0.25) is 0 Å². The van der Waals surface area contributed by atoms with Gasteiger partial charge in [-0.1, -0.05) is 6.58 Å². The van der Waals surface area contributed by atoms with Gasteiger partial charge in [0.25, 0.3) is 0 Å². The lowest BCUT2D eigenvalue weighted by molar-refractivity contribution is 0.372. The van der Waals surface area contributed by atoms with Crippen molar-refractivity contribution in [2.75, 3.05) is 7.11 Å². The SMILES string of the molecule is C=c1[nH]oc(=O)c1=Cc1cc(Br)c(O)c(OC)c1. The molecule has 0 fully saturated rings. The molecular formula is C12H10BrNO4. The number of phenols is 1. The summed E-state index contributed by atoms with van der Waals surface area (Å²) in [5.74, 6) is 0.312. The van der Waals surface area contributed by atoms with E-state index in [1.807, 2.05) is 0 Å². The smallest absolute Gasteiger partial charge is 0.365 e. The summed E-state index contributed by atoms with van der Waals surface area (Å²) >= 11 is 3.20. The van der Waals surface area contributed by atoms with Gasteiger partial charge in [0.05, 0.1) is 22.2 Å². The molecule has 0 saturated heterocycles. The third-order valence-corrected chi connectivity index (χ3v) is 3.00. The Morgan fingerprint density at radius 3 is 2.83 bits per heavy atom. The first-order chi connectivity index (χ1) is 8.52. The van der Waals surface area contributed by atoms with Crippen LogP contribution in [-0.4, -0.2) is 17.4 Å². The van der Waals surface area contributed by atoms with E-state index in [9.17, 15) is 9.90 Å². The minimum atomic E-state index is -0.497. The number of halogens is 1. The number of phenolic OH excluding ortho intramolecular Hbond substituents is 1. The van der Waals surface area contributed by atoms with Crippen molar-refractivity contribution in [3.63, 3.8) is 0 Å². The Hall–Kier alpha value is -1.95. The van der Waals surface area contributed by atoms with Gasteiger partial charge in [0, 0.05) is 0 Å². The molecule has 0 radical (unpaired) electrons. The molecular weight excluding hydrogens is 302 g/mol. The highest BCUT2D eigenvalue weighted by Crippen LogP contribution is 2.35. The quantitative estimate of drug-likeness (QED) is 0.855. The highest BCUT2D eigenvalue weighted by molar-refractivity contribution is 9.10. The van der Waals surface area contributed by atoms with Crippen LogP contribution in [0.4, 0.5) is 0 Å². The third-order valence-electron chi connectivity index (χ3n) is 2.39. The number of ether oxygens (including phenoxy) is 1. The molecule has 0 saturated carbocycles. The minimum Gasteiger partial charge on any atom is -0.503 e. The van der Waals surface area contributed by atoms with Gasteiger partial charge in [0.1, 0.15) is 0 Å². The van der Waals surface area contributed by atoms with Gasteiger partial charge in [-0.25, -0.2) is 9.95 Å². The Bertz CT molecular complexity index is 714. The summed E-state index contributed by atoms with van der Waals surface area (Å²) in [5.41, 5.74) is 0.177. The van der Waals surface area contributed by atoms with Gasteiger partial charge in [0.2, 0.25) is 0 Å². The van der Waals surface area contributed by atoms with Gasteiger partial charge in [-0.05, 0) is 39.7 Å². The maximum Gasteiger partial charge on any atom is 0.365 e. The van der Waals surface area contributed by atoms with Gasteiger partial charge in [-0.2, -0.15) is 0 Å². The molecule has 1 heterocycles. The fourth-order valence-electron chi connectivity index (χ4n) is 1.49. The third kappa shape index (κ3) is 2.19. The summed E-state index contributed by atoms with van der Waals surface area (Å²) in [6.45, 7) is 3.65. The lowest BCUT2D eigenvalue weighted by Crippen LogP contribution is -2.31. The average molecular weight is 312 g/mol. The zero-order valence-corrected chi connectivity index (χ0v) is 11.1. The average Bonchev–Trinajstić information content (AvgIpc) is 2.65. The van der Waals surface area contributed by atoms with E-state index in [1.54, 1.807) is 18.2 Å². The van der Waals surface area contributed by atoms with Crippen LogP contribution in [0.15, 0.2) is 25.9 Å². The Morgan fingerprint density at radius 2 is 2.28 bits per heavy atom. The van der Waals surface area contributed by atoms with E-state index < -0.39 is 5.63 Å². The van der Waals surface area contributed by atoms with Crippen LogP contribution >= 0.6 is 15.9 Å². The van der Waals surface area contributed by atoms with Crippen LogP contribution in [-0.2, 0) is 0 Å². The molecule has 0 bridgehead atoms. The highest BCUT2D eigenvalue weighted by atomic mass is 79.9. The molecule has 94 valence electrons. The van der Waals surface area contributed by atoms with Gasteiger partial charge >= 0.3 is 5.63 Å². The zero-order valence-electron chi connectivity index (χ0n) is 9.49. The molecule has 5 nitrogen and oxygen atoms in total. The summed E-state index contributed by atoms with van der Waals surface area (Å²) in [4.78, 5) is 11.4. The second-order valence-electron chi connectivity index (χ2n) is 3.58. The van der Waals surface area contributed by atoms with Crippen molar-refractivity contribution in [1.82, 2.24) is 5.16 Å². The first-order valence-electron chi connectivity index (χ1n) is 4.97. The van der Waals surface area contributed by atoms with Gasteiger partial charge < -0.3 is 14.4 Å². The second-order valence-corrected chi connectivity index (χ2v) is 4.44. The van der Waals surface area contributed by atoms with Gasteiger partial charge in [-0.3, -0.25) is 0 Å². The Labute approximate surface area is 110 Å². The molecule has 1 aromatic carbocycles. The van der Waals surface area contributed by atoms with Crippen LogP contribution in [0.5, 0.6) is 11.5 Å². The number of nitrogens with one attached hydrogen (secondary N) is 1.